The fourth-order valence-electron chi connectivity index (χ4n) is 4.03. The van der Waals surface area contributed by atoms with Crippen LogP contribution in [0, 0.1) is 12.8 Å². The maximum atomic E-state index is 12.6. The molecule has 0 radical (unpaired) electrons. The zero-order valence-corrected chi connectivity index (χ0v) is 16.5. The van der Waals surface area contributed by atoms with Crippen LogP contribution >= 0.6 is 0 Å². The highest BCUT2D eigenvalue weighted by atomic mass is 16.5. The molecule has 1 amide bonds. The highest BCUT2D eigenvalue weighted by Crippen LogP contribution is 2.24. The third kappa shape index (κ3) is 4.26. The van der Waals surface area contributed by atoms with E-state index in [4.69, 9.17) is 4.74 Å². The summed E-state index contributed by atoms with van der Waals surface area (Å²) in [5.41, 5.74) is 1.62. The summed E-state index contributed by atoms with van der Waals surface area (Å²) in [6.07, 6.45) is 7.75. The molecule has 1 unspecified atom stereocenters. The molecule has 6 heteroatoms. The highest BCUT2D eigenvalue weighted by molar-refractivity contribution is 5.92. The van der Waals surface area contributed by atoms with E-state index in [0.29, 0.717) is 18.2 Å². The van der Waals surface area contributed by atoms with Gasteiger partial charge in [-0.15, -0.1) is 0 Å². The van der Waals surface area contributed by atoms with Crippen LogP contribution in [0.5, 0.6) is 5.75 Å². The second-order valence-corrected chi connectivity index (χ2v) is 7.79. The minimum atomic E-state index is 0.00305. The van der Waals surface area contributed by atoms with Gasteiger partial charge in [-0.1, -0.05) is 18.2 Å². The van der Waals surface area contributed by atoms with Gasteiger partial charge in [0, 0.05) is 32.1 Å². The van der Waals surface area contributed by atoms with Gasteiger partial charge in [0.1, 0.15) is 17.3 Å². The van der Waals surface area contributed by atoms with Crippen LogP contribution in [0.1, 0.15) is 41.7 Å². The zero-order chi connectivity index (χ0) is 19.3. The second-order valence-electron chi connectivity index (χ2n) is 7.79. The lowest BCUT2D eigenvalue weighted by atomic mass is 9.99. The van der Waals surface area contributed by atoms with Gasteiger partial charge in [-0.25, -0.2) is 4.98 Å². The first-order valence-corrected chi connectivity index (χ1v) is 10.3. The molecule has 148 valence electrons. The molecule has 3 heterocycles. The van der Waals surface area contributed by atoms with E-state index < -0.39 is 0 Å². The largest absolute Gasteiger partial charge is 0.493 e. The van der Waals surface area contributed by atoms with Gasteiger partial charge >= 0.3 is 0 Å². The number of piperidine rings is 1. The SMILES string of the molecule is Cc1ccccc1OCC1CCCN(c2cncc(C(=O)N3CCCC3)n2)C1. The van der Waals surface area contributed by atoms with E-state index in [9.17, 15) is 4.79 Å². The average Bonchev–Trinajstić information content (AvgIpc) is 3.28. The van der Waals surface area contributed by atoms with E-state index in [1.165, 1.54) is 0 Å². The van der Waals surface area contributed by atoms with E-state index in [1.54, 1.807) is 12.4 Å². The fraction of sp³-hybridized carbons (Fsp3) is 0.500. The third-order valence-corrected chi connectivity index (χ3v) is 5.65. The number of aryl methyl sites for hydroxylation is 1. The Labute approximate surface area is 166 Å². The first-order valence-electron chi connectivity index (χ1n) is 10.3. The summed E-state index contributed by atoms with van der Waals surface area (Å²) in [5.74, 6) is 2.19. The van der Waals surface area contributed by atoms with Gasteiger partial charge in [0.15, 0.2) is 0 Å². The summed E-state index contributed by atoms with van der Waals surface area (Å²) in [6.45, 7) is 6.24. The van der Waals surface area contributed by atoms with Crippen molar-refractivity contribution in [1.29, 1.82) is 0 Å². The van der Waals surface area contributed by atoms with Crippen molar-refractivity contribution in [3.05, 3.63) is 47.9 Å². The molecule has 6 nitrogen and oxygen atoms in total. The number of benzene rings is 1. The van der Waals surface area contributed by atoms with E-state index in [0.717, 1.165) is 69.0 Å². The molecule has 2 fully saturated rings. The number of hydrogen-bond acceptors (Lipinski definition) is 5. The Morgan fingerprint density at radius 3 is 2.79 bits per heavy atom. The minimum Gasteiger partial charge on any atom is -0.493 e. The van der Waals surface area contributed by atoms with Gasteiger partial charge in [0.25, 0.3) is 5.91 Å². The number of carbonyl (C=O) groups excluding carboxylic acids is 1. The van der Waals surface area contributed by atoms with E-state index in [2.05, 4.69) is 27.9 Å². The Hall–Kier alpha value is -2.63. The van der Waals surface area contributed by atoms with E-state index in [-0.39, 0.29) is 5.91 Å². The predicted octanol–water partition coefficient (Wildman–Crippen LogP) is 3.32. The number of carbonyl (C=O) groups is 1. The van der Waals surface area contributed by atoms with Crippen LogP contribution < -0.4 is 9.64 Å². The molecule has 4 rings (SSSR count). The monoisotopic (exact) mass is 380 g/mol. The lowest BCUT2D eigenvalue weighted by Gasteiger charge is -2.33. The van der Waals surface area contributed by atoms with Crippen molar-refractivity contribution in [2.24, 2.45) is 5.92 Å². The molecule has 1 atom stereocenters. The molecular weight excluding hydrogens is 352 g/mol. The van der Waals surface area contributed by atoms with Gasteiger partial charge in [-0.2, -0.15) is 0 Å². The number of nitrogens with zero attached hydrogens (tertiary/aromatic N) is 4. The molecule has 0 aliphatic carbocycles. The molecule has 28 heavy (non-hydrogen) atoms. The number of amides is 1. The zero-order valence-electron chi connectivity index (χ0n) is 16.5. The number of anilines is 1. The van der Waals surface area contributed by atoms with Crippen LogP contribution in [-0.2, 0) is 0 Å². The normalized spacial score (nSPS) is 19.7. The summed E-state index contributed by atoms with van der Waals surface area (Å²) in [6, 6.07) is 8.13. The molecule has 2 aliphatic rings. The molecule has 1 aromatic carbocycles. The Bertz CT molecular complexity index is 820. The molecule has 2 saturated heterocycles. The van der Waals surface area contributed by atoms with Crippen molar-refractivity contribution in [3.8, 4) is 5.75 Å². The predicted molar refractivity (Wildman–Crippen MR) is 109 cm³/mol. The summed E-state index contributed by atoms with van der Waals surface area (Å²) in [4.78, 5) is 25.7. The average molecular weight is 380 g/mol. The van der Waals surface area contributed by atoms with Gasteiger partial charge in [-0.3, -0.25) is 9.78 Å². The van der Waals surface area contributed by atoms with Gasteiger partial charge in [0.05, 0.1) is 19.0 Å². The molecule has 0 saturated carbocycles. The van der Waals surface area contributed by atoms with Crippen LogP contribution in [0.2, 0.25) is 0 Å². The fourth-order valence-corrected chi connectivity index (χ4v) is 4.03. The van der Waals surface area contributed by atoms with Crippen LogP contribution in [0.4, 0.5) is 5.82 Å². The molecule has 2 aromatic rings. The minimum absolute atomic E-state index is 0.00305. The Morgan fingerprint density at radius 2 is 1.96 bits per heavy atom. The van der Waals surface area contributed by atoms with Crippen molar-refractivity contribution in [2.75, 3.05) is 37.7 Å². The summed E-state index contributed by atoms with van der Waals surface area (Å²) < 4.78 is 6.07. The summed E-state index contributed by atoms with van der Waals surface area (Å²) in [7, 11) is 0. The number of hydrogen-bond donors (Lipinski definition) is 0. The van der Waals surface area contributed by atoms with Crippen LogP contribution in [0.25, 0.3) is 0 Å². The highest BCUT2D eigenvalue weighted by Gasteiger charge is 2.25. The molecule has 0 spiro atoms. The lowest BCUT2D eigenvalue weighted by molar-refractivity contribution is 0.0786. The summed E-state index contributed by atoms with van der Waals surface area (Å²) >= 11 is 0. The van der Waals surface area contributed by atoms with Crippen molar-refractivity contribution in [1.82, 2.24) is 14.9 Å². The van der Waals surface area contributed by atoms with Crippen molar-refractivity contribution in [3.63, 3.8) is 0 Å². The number of likely N-dealkylation sites (tertiary alicyclic amines) is 1. The number of rotatable bonds is 5. The van der Waals surface area contributed by atoms with Crippen LogP contribution in [0.15, 0.2) is 36.7 Å². The molecule has 0 bridgehead atoms. The van der Waals surface area contributed by atoms with Crippen LogP contribution in [-0.4, -0.2) is 53.6 Å². The van der Waals surface area contributed by atoms with Crippen molar-refractivity contribution < 1.29 is 9.53 Å². The van der Waals surface area contributed by atoms with E-state index in [1.807, 2.05) is 23.1 Å². The molecule has 1 aromatic heterocycles. The third-order valence-electron chi connectivity index (χ3n) is 5.65. The van der Waals surface area contributed by atoms with Gasteiger partial charge in [0.2, 0.25) is 0 Å². The second kappa shape index (κ2) is 8.59. The molecule has 0 N–H and O–H groups in total. The van der Waals surface area contributed by atoms with E-state index >= 15 is 0 Å². The number of ether oxygens (including phenoxy) is 1. The maximum absolute atomic E-state index is 12.6. The van der Waals surface area contributed by atoms with Crippen LogP contribution in [0.3, 0.4) is 0 Å². The van der Waals surface area contributed by atoms with Gasteiger partial charge in [-0.05, 0) is 44.2 Å². The molecular formula is C22H28N4O2. The van der Waals surface area contributed by atoms with Crippen molar-refractivity contribution in [2.45, 2.75) is 32.6 Å². The number of aromatic nitrogens is 2. The smallest absolute Gasteiger partial charge is 0.274 e. The lowest BCUT2D eigenvalue weighted by Crippen LogP contribution is -2.38. The van der Waals surface area contributed by atoms with Gasteiger partial charge < -0.3 is 14.5 Å². The first kappa shape index (κ1) is 18.7. The Kier molecular flexibility index (Phi) is 5.74. The Balaban J connectivity index is 1.39. The maximum Gasteiger partial charge on any atom is 0.274 e. The first-order chi connectivity index (χ1) is 13.7. The number of para-hydroxylation sites is 1. The molecule has 2 aliphatic heterocycles. The topological polar surface area (TPSA) is 58.6 Å². The Morgan fingerprint density at radius 1 is 1.14 bits per heavy atom. The quantitative estimate of drug-likeness (QED) is 0.796. The standard InChI is InChI=1S/C22H28N4O2/c1-17-7-2-3-9-20(17)28-16-18-8-6-12-26(15-18)21-14-23-13-19(24-21)22(27)25-10-4-5-11-25/h2-3,7,9,13-14,18H,4-6,8,10-12,15-16H2,1H3. The summed E-state index contributed by atoms with van der Waals surface area (Å²) in [5, 5.41) is 0. The van der Waals surface area contributed by atoms with Crippen molar-refractivity contribution >= 4 is 11.7 Å².